The average Bonchev–Trinajstić information content (AvgIpc) is 3.40. The number of fused-ring (bicyclic) bond motifs is 3. The molecule has 1 aliphatic carbocycles. The number of halogens is 1. The number of carbonyl (C=O) groups excluding carboxylic acids is 3. The van der Waals surface area contributed by atoms with Crippen LogP contribution in [0.5, 0.6) is 10.9 Å². The van der Waals surface area contributed by atoms with Gasteiger partial charge in [-0.25, -0.2) is 9.37 Å². The lowest BCUT2D eigenvalue weighted by Crippen LogP contribution is -2.46. The van der Waals surface area contributed by atoms with Gasteiger partial charge in [0.05, 0.1) is 28.2 Å². The Kier molecular flexibility index (Phi) is 9.99. The van der Waals surface area contributed by atoms with Crippen LogP contribution in [0.2, 0.25) is 0 Å². The van der Waals surface area contributed by atoms with E-state index in [1.165, 1.54) is 23.5 Å². The number of Topliss-reactive ketones (excluding diaryl/α,β-unsaturated/α-hetero) is 1. The van der Waals surface area contributed by atoms with Crippen molar-refractivity contribution in [3.63, 3.8) is 0 Å². The van der Waals surface area contributed by atoms with Gasteiger partial charge in [0, 0.05) is 18.8 Å². The third-order valence-corrected chi connectivity index (χ3v) is 11.2. The fraction of sp³-hybridized carbons (Fsp3) is 0.400. The number of allylic oxidation sites excluding steroid dienone is 2. The van der Waals surface area contributed by atoms with Crippen LogP contribution in [-0.4, -0.2) is 46.2 Å². The molecule has 2 amide bonds. The van der Waals surface area contributed by atoms with Crippen molar-refractivity contribution in [3.05, 3.63) is 102 Å². The molecule has 5 atom stereocenters. The van der Waals surface area contributed by atoms with Gasteiger partial charge in [0.25, 0.3) is 11.1 Å². The van der Waals surface area contributed by atoms with Gasteiger partial charge < -0.3 is 14.5 Å². The topological polar surface area (TPSA) is 97.8 Å². The summed E-state index contributed by atoms with van der Waals surface area (Å²) in [4.78, 5) is 54.7. The van der Waals surface area contributed by atoms with E-state index in [-0.39, 0.29) is 54.6 Å². The summed E-state index contributed by atoms with van der Waals surface area (Å²) in [6.45, 7) is 2.27. The second-order valence-corrected chi connectivity index (χ2v) is 15.0. The van der Waals surface area contributed by atoms with Crippen molar-refractivity contribution in [1.82, 2.24) is 15.4 Å². The van der Waals surface area contributed by atoms with E-state index in [0.29, 0.717) is 40.4 Å². The predicted octanol–water partition coefficient (Wildman–Crippen LogP) is 7.55. The molecule has 7 rings (SSSR count). The molecule has 0 spiro atoms. The van der Waals surface area contributed by atoms with Crippen LogP contribution < -0.4 is 15.1 Å². The van der Waals surface area contributed by atoms with E-state index in [9.17, 15) is 18.8 Å². The van der Waals surface area contributed by atoms with E-state index in [1.54, 1.807) is 23.1 Å². The van der Waals surface area contributed by atoms with Crippen molar-refractivity contribution in [2.45, 2.75) is 76.9 Å². The molecule has 8 nitrogen and oxygen atoms in total. The largest absolute Gasteiger partial charge is 0.465 e. The van der Waals surface area contributed by atoms with Crippen LogP contribution >= 0.6 is 11.3 Å². The number of para-hydroxylation sites is 1. The van der Waals surface area contributed by atoms with E-state index in [0.717, 1.165) is 36.8 Å². The SMILES string of the molecule is Cc1cccc(C[C@H]2CCCCC/C=C\[C@@H]3C[C@@]3(C(=O)NOc3ccccc3)CC(=O)[C@@H]3C[C@@H](Oc4nc5ccc(F)cc5s4)CN3C2=O)c1. The van der Waals surface area contributed by atoms with Crippen LogP contribution in [-0.2, 0) is 20.8 Å². The second kappa shape index (κ2) is 14.7. The maximum atomic E-state index is 14.6. The van der Waals surface area contributed by atoms with E-state index < -0.39 is 17.6 Å². The highest BCUT2D eigenvalue weighted by Gasteiger charge is 2.61. The number of aryl methyl sites for hydroxylation is 1. The molecule has 1 saturated heterocycles. The predicted molar refractivity (Wildman–Crippen MR) is 190 cm³/mol. The first-order valence-electron chi connectivity index (χ1n) is 17.6. The summed E-state index contributed by atoms with van der Waals surface area (Å²) >= 11 is 1.24. The normalized spacial score (nSPS) is 26.3. The Bertz CT molecular complexity index is 1900. The molecule has 50 heavy (non-hydrogen) atoms. The zero-order valence-electron chi connectivity index (χ0n) is 28.2. The number of aromatic nitrogens is 1. The molecule has 3 heterocycles. The molecule has 4 aromatic rings. The van der Waals surface area contributed by atoms with Crippen molar-refractivity contribution in [3.8, 4) is 10.9 Å². The lowest BCUT2D eigenvalue weighted by atomic mass is 9.89. The Morgan fingerprint density at radius 3 is 2.76 bits per heavy atom. The number of hydrogen-bond acceptors (Lipinski definition) is 7. The molecule has 260 valence electrons. The Morgan fingerprint density at radius 1 is 1.06 bits per heavy atom. The number of benzene rings is 3. The fourth-order valence-electron chi connectivity index (χ4n) is 7.52. The molecule has 2 fully saturated rings. The minimum absolute atomic E-state index is 0.0177. The van der Waals surface area contributed by atoms with Gasteiger partial charge >= 0.3 is 0 Å². The molecule has 1 aromatic heterocycles. The average molecular weight is 696 g/mol. The first kappa shape index (κ1) is 33.9. The first-order valence-corrected chi connectivity index (χ1v) is 18.4. The number of rotatable bonds is 7. The molecule has 3 aliphatic rings. The number of hydrogen-bond donors (Lipinski definition) is 1. The van der Waals surface area contributed by atoms with Gasteiger partial charge in [0.1, 0.15) is 11.9 Å². The zero-order chi connectivity index (χ0) is 34.7. The third-order valence-electron chi connectivity index (χ3n) is 10.3. The van der Waals surface area contributed by atoms with Crippen molar-refractivity contribution in [2.24, 2.45) is 17.3 Å². The van der Waals surface area contributed by atoms with E-state index in [1.807, 2.05) is 37.3 Å². The fourth-order valence-corrected chi connectivity index (χ4v) is 8.42. The van der Waals surface area contributed by atoms with Gasteiger partial charge in [-0.05, 0) is 80.8 Å². The Morgan fingerprint density at radius 2 is 1.92 bits per heavy atom. The van der Waals surface area contributed by atoms with Gasteiger partial charge in [-0.1, -0.05) is 84.4 Å². The van der Waals surface area contributed by atoms with Crippen LogP contribution in [0.15, 0.2) is 84.9 Å². The molecule has 10 heteroatoms. The number of amides is 2. The minimum atomic E-state index is -0.964. The van der Waals surface area contributed by atoms with Crippen molar-refractivity contribution in [1.29, 1.82) is 0 Å². The van der Waals surface area contributed by atoms with Crippen LogP contribution in [0.1, 0.15) is 62.5 Å². The number of nitrogens with zero attached hydrogens (tertiary/aromatic N) is 2. The summed E-state index contributed by atoms with van der Waals surface area (Å²) in [5.41, 5.74) is 4.51. The highest BCUT2D eigenvalue weighted by molar-refractivity contribution is 7.20. The summed E-state index contributed by atoms with van der Waals surface area (Å²) in [6.07, 6.45) is 9.56. The van der Waals surface area contributed by atoms with Gasteiger partial charge in [0.15, 0.2) is 11.5 Å². The van der Waals surface area contributed by atoms with E-state index in [4.69, 9.17) is 9.57 Å². The number of thiazole rings is 1. The standard InChI is InChI=1S/C40H42FN3O5S/c1-26-11-10-12-27(19-26)20-28-13-6-3-2-4-7-14-29-23-40(29,38(47)43-49-31-15-8-5-9-16-31)24-35(45)34-22-32(25-44(34)37(28)46)48-39-42-33-18-17-30(41)21-36(33)50-39/h5,7-12,14-19,21,28-29,32,34H,2-4,6,13,20,22-25H2,1H3,(H,43,47)/b14-7-/t28-,29-,32-,34+,40-/m1/s1. The summed E-state index contributed by atoms with van der Waals surface area (Å²) in [7, 11) is 0. The Hall–Kier alpha value is -4.57. The lowest BCUT2D eigenvalue weighted by Gasteiger charge is -2.29. The Balaban J connectivity index is 1.16. The molecular formula is C40H42FN3O5S. The molecule has 1 saturated carbocycles. The number of nitrogens with one attached hydrogen (secondary N) is 1. The van der Waals surface area contributed by atoms with Gasteiger partial charge in [0.2, 0.25) is 5.91 Å². The number of ether oxygens (including phenoxy) is 1. The molecule has 3 aromatic carbocycles. The highest BCUT2D eigenvalue weighted by Crippen LogP contribution is 2.57. The first-order chi connectivity index (χ1) is 24.3. The van der Waals surface area contributed by atoms with Crippen LogP contribution in [0, 0.1) is 30.0 Å². The van der Waals surface area contributed by atoms with Crippen LogP contribution in [0.25, 0.3) is 10.2 Å². The van der Waals surface area contributed by atoms with Crippen LogP contribution in [0.4, 0.5) is 4.39 Å². The molecular weight excluding hydrogens is 654 g/mol. The number of hydroxylamine groups is 1. The second-order valence-electron chi connectivity index (χ2n) is 14.0. The van der Waals surface area contributed by atoms with Crippen molar-refractivity contribution in [2.75, 3.05) is 6.54 Å². The number of carbonyl (C=O) groups is 3. The van der Waals surface area contributed by atoms with Gasteiger partial charge in [-0.15, -0.1) is 0 Å². The van der Waals surface area contributed by atoms with Gasteiger partial charge in [-0.3, -0.25) is 14.4 Å². The molecule has 0 radical (unpaired) electrons. The monoisotopic (exact) mass is 695 g/mol. The summed E-state index contributed by atoms with van der Waals surface area (Å²) in [6, 6.07) is 20.9. The molecule has 2 aliphatic heterocycles. The summed E-state index contributed by atoms with van der Waals surface area (Å²) < 4.78 is 20.9. The molecule has 0 bridgehead atoms. The molecule has 0 unspecified atom stereocenters. The summed E-state index contributed by atoms with van der Waals surface area (Å²) in [5, 5.41) is 0.371. The summed E-state index contributed by atoms with van der Waals surface area (Å²) in [5.74, 6) is -0.822. The van der Waals surface area contributed by atoms with Crippen molar-refractivity contribution >= 4 is 39.2 Å². The minimum Gasteiger partial charge on any atom is -0.465 e. The smallest absolute Gasteiger partial charge is 0.274 e. The Labute approximate surface area is 295 Å². The maximum Gasteiger partial charge on any atom is 0.274 e. The van der Waals surface area contributed by atoms with E-state index in [2.05, 4.69) is 34.7 Å². The molecule has 1 N–H and O–H groups in total. The van der Waals surface area contributed by atoms with Gasteiger partial charge in [-0.2, -0.15) is 5.48 Å². The maximum absolute atomic E-state index is 14.6. The third kappa shape index (κ3) is 7.60. The van der Waals surface area contributed by atoms with Crippen LogP contribution in [0.3, 0.4) is 0 Å². The zero-order valence-corrected chi connectivity index (χ0v) is 29.0. The van der Waals surface area contributed by atoms with E-state index >= 15 is 0 Å². The number of ketones is 1. The quantitative estimate of drug-likeness (QED) is 0.159. The lowest BCUT2D eigenvalue weighted by molar-refractivity contribution is -0.143. The highest BCUT2D eigenvalue weighted by atomic mass is 32.1. The van der Waals surface area contributed by atoms with Crippen molar-refractivity contribution < 1.29 is 28.3 Å².